The minimum atomic E-state index is -0.941. The molecule has 1 aromatic rings. The lowest BCUT2D eigenvalue weighted by molar-refractivity contribution is -0.151. The van der Waals surface area contributed by atoms with E-state index in [0.717, 1.165) is 24.8 Å². The minimum Gasteiger partial charge on any atom is -0.458 e. The quantitative estimate of drug-likeness (QED) is 0.800. The Morgan fingerprint density at radius 1 is 1.21 bits per heavy atom. The smallest absolute Gasteiger partial charge is 0.336 e. The number of carbonyl (C=O) groups is 1. The van der Waals surface area contributed by atoms with Gasteiger partial charge in [0.15, 0.2) is 0 Å². The molecule has 5 atom stereocenters. The number of hydrogen-bond acceptors (Lipinski definition) is 5. The molecule has 24 heavy (non-hydrogen) atoms. The summed E-state index contributed by atoms with van der Waals surface area (Å²) in [7, 11) is 0. The Morgan fingerprint density at radius 2 is 1.88 bits per heavy atom. The zero-order valence-corrected chi connectivity index (χ0v) is 14.6. The van der Waals surface area contributed by atoms with Crippen LogP contribution in [0.3, 0.4) is 0 Å². The predicted molar refractivity (Wildman–Crippen MR) is 86.7 cm³/mol. The Balaban J connectivity index is 2.03. The van der Waals surface area contributed by atoms with E-state index in [2.05, 4.69) is 6.92 Å². The lowest BCUT2D eigenvalue weighted by Gasteiger charge is -2.52. The Hall–Kier alpha value is -1.62. The first-order valence-corrected chi connectivity index (χ1v) is 8.78. The van der Waals surface area contributed by atoms with E-state index in [9.17, 15) is 14.7 Å². The summed E-state index contributed by atoms with van der Waals surface area (Å²) in [6, 6.07) is 1.52. The van der Waals surface area contributed by atoms with Crippen molar-refractivity contribution in [1.82, 2.24) is 0 Å². The van der Waals surface area contributed by atoms with Crippen molar-refractivity contribution >= 4 is 5.97 Å². The molecule has 1 N–H and O–H groups in total. The highest BCUT2D eigenvalue weighted by Gasteiger charge is 2.67. The van der Waals surface area contributed by atoms with E-state index >= 15 is 0 Å². The second kappa shape index (κ2) is 4.72. The van der Waals surface area contributed by atoms with E-state index in [1.165, 1.54) is 6.07 Å². The summed E-state index contributed by atoms with van der Waals surface area (Å²) in [5, 5.41) is 11.0. The van der Waals surface area contributed by atoms with Crippen LogP contribution in [0.4, 0.5) is 0 Å². The van der Waals surface area contributed by atoms with Crippen LogP contribution < -0.4 is 5.63 Å². The first-order chi connectivity index (χ1) is 11.2. The van der Waals surface area contributed by atoms with Crippen molar-refractivity contribution in [3.63, 3.8) is 0 Å². The van der Waals surface area contributed by atoms with Gasteiger partial charge in [0.05, 0.1) is 5.41 Å². The van der Waals surface area contributed by atoms with Crippen molar-refractivity contribution in [3.05, 3.63) is 33.4 Å². The van der Waals surface area contributed by atoms with Gasteiger partial charge in [-0.15, -0.1) is 0 Å². The number of ether oxygens (including phenoxy) is 1. The molecule has 0 radical (unpaired) electrons. The maximum Gasteiger partial charge on any atom is 0.336 e. The molecule has 1 saturated carbocycles. The highest BCUT2D eigenvalue weighted by atomic mass is 16.6. The average molecular weight is 332 g/mol. The molecular formula is C19H24O5. The van der Waals surface area contributed by atoms with Gasteiger partial charge in [0.25, 0.3) is 0 Å². The van der Waals surface area contributed by atoms with Gasteiger partial charge in [-0.05, 0) is 25.3 Å². The van der Waals surface area contributed by atoms with E-state index < -0.39 is 17.6 Å². The number of carbonyl (C=O) groups excluding carboxylic acids is 1. The summed E-state index contributed by atoms with van der Waals surface area (Å²) in [4.78, 5) is 24.7. The van der Waals surface area contributed by atoms with Crippen LogP contribution in [0.2, 0.25) is 0 Å². The molecule has 130 valence electrons. The molecule has 5 nitrogen and oxygen atoms in total. The number of aliphatic hydroxyl groups is 1. The van der Waals surface area contributed by atoms with Crippen molar-refractivity contribution in [3.8, 4) is 0 Å². The zero-order chi connectivity index (χ0) is 17.4. The van der Waals surface area contributed by atoms with Gasteiger partial charge in [0, 0.05) is 28.9 Å². The largest absolute Gasteiger partial charge is 0.458 e. The van der Waals surface area contributed by atoms with E-state index in [4.69, 9.17) is 9.15 Å². The third-order valence-corrected chi connectivity index (χ3v) is 6.58. The molecule has 3 aliphatic rings. The molecule has 1 aliphatic heterocycles. The van der Waals surface area contributed by atoms with Gasteiger partial charge in [0.1, 0.15) is 18.0 Å². The molecule has 2 aliphatic carbocycles. The lowest BCUT2D eigenvalue weighted by Crippen LogP contribution is -2.54. The number of esters is 1. The third-order valence-electron chi connectivity index (χ3n) is 6.58. The molecule has 2 fully saturated rings. The van der Waals surface area contributed by atoms with Crippen molar-refractivity contribution in [2.75, 3.05) is 0 Å². The van der Waals surface area contributed by atoms with Gasteiger partial charge in [-0.1, -0.05) is 27.2 Å². The van der Waals surface area contributed by atoms with Crippen LogP contribution in [0.15, 0.2) is 15.3 Å². The molecule has 1 aromatic heterocycles. The fraction of sp³-hybridized carbons (Fsp3) is 0.684. The number of aliphatic hydroxyl groups excluding tert-OH is 1. The topological polar surface area (TPSA) is 76.7 Å². The monoisotopic (exact) mass is 332 g/mol. The maximum atomic E-state index is 12.6. The summed E-state index contributed by atoms with van der Waals surface area (Å²) < 4.78 is 11.1. The standard InChI is InChI=1S/C19H24O5/c1-9(2)14-12-10(8-11(20)23-14)18(3)6-5-7-19(4)16(18)15(13(12)21)24-17(19)22/h8-9,13,15-16,21H,5-7H2,1-4H3/t13-,15?,16?,18-,19+/m1/s1. The van der Waals surface area contributed by atoms with Crippen LogP contribution in [-0.4, -0.2) is 17.2 Å². The van der Waals surface area contributed by atoms with Crippen LogP contribution in [0, 0.1) is 11.3 Å². The SMILES string of the molecule is CC(C)c1oc(=O)cc2c1[C@@H](O)C1OC(=O)[C@@]3(C)CCC[C@@]2(C)C13. The fourth-order valence-corrected chi connectivity index (χ4v) is 5.56. The molecule has 1 saturated heterocycles. The van der Waals surface area contributed by atoms with Gasteiger partial charge in [-0.25, -0.2) is 4.79 Å². The van der Waals surface area contributed by atoms with Crippen LogP contribution >= 0.6 is 0 Å². The first kappa shape index (κ1) is 15.9. The second-order valence-electron chi connectivity index (χ2n) is 8.39. The lowest BCUT2D eigenvalue weighted by atomic mass is 9.49. The molecule has 0 aromatic carbocycles. The molecule has 0 amide bonds. The summed E-state index contributed by atoms with van der Waals surface area (Å²) in [6.07, 6.45) is 1.04. The van der Waals surface area contributed by atoms with Gasteiger partial charge in [-0.2, -0.15) is 0 Å². The minimum absolute atomic E-state index is 0.0328. The molecule has 2 unspecified atom stereocenters. The van der Waals surface area contributed by atoms with Crippen molar-refractivity contribution in [2.45, 2.75) is 70.5 Å². The fourth-order valence-electron chi connectivity index (χ4n) is 5.56. The predicted octanol–water partition coefficient (Wildman–Crippen LogP) is 2.80. The summed E-state index contributed by atoms with van der Waals surface area (Å²) in [5.74, 6) is 0.144. The number of hydrogen-bond donors (Lipinski definition) is 1. The molecule has 4 rings (SSSR count). The molecule has 2 heterocycles. The highest BCUT2D eigenvalue weighted by molar-refractivity contribution is 5.80. The van der Waals surface area contributed by atoms with E-state index in [0.29, 0.717) is 11.3 Å². The average Bonchev–Trinajstić information content (AvgIpc) is 2.78. The van der Waals surface area contributed by atoms with Crippen molar-refractivity contribution in [2.24, 2.45) is 11.3 Å². The van der Waals surface area contributed by atoms with Gasteiger partial charge < -0.3 is 14.3 Å². The second-order valence-corrected chi connectivity index (χ2v) is 8.39. The Kier molecular flexibility index (Phi) is 3.12. The normalized spacial score (nSPS) is 40.2. The highest BCUT2D eigenvalue weighted by Crippen LogP contribution is 2.63. The first-order valence-electron chi connectivity index (χ1n) is 8.78. The van der Waals surface area contributed by atoms with Crippen LogP contribution in [0.1, 0.15) is 75.9 Å². The molecule has 0 bridgehead atoms. The molecular weight excluding hydrogens is 308 g/mol. The van der Waals surface area contributed by atoms with Gasteiger partial charge in [0.2, 0.25) is 0 Å². The van der Waals surface area contributed by atoms with E-state index in [1.54, 1.807) is 0 Å². The Morgan fingerprint density at radius 3 is 2.54 bits per heavy atom. The van der Waals surface area contributed by atoms with E-state index in [-0.39, 0.29) is 28.8 Å². The summed E-state index contributed by atoms with van der Waals surface area (Å²) in [6.45, 7) is 7.93. The van der Waals surface area contributed by atoms with Crippen LogP contribution in [0.5, 0.6) is 0 Å². The van der Waals surface area contributed by atoms with E-state index in [1.807, 2.05) is 20.8 Å². The summed E-state index contributed by atoms with van der Waals surface area (Å²) in [5.41, 5.74) is 0.164. The molecule has 0 spiro atoms. The van der Waals surface area contributed by atoms with Gasteiger partial charge >= 0.3 is 11.6 Å². The van der Waals surface area contributed by atoms with Gasteiger partial charge in [-0.3, -0.25) is 4.79 Å². The van der Waals surface area contributed by atoms with Crippen molar-refractivity contribution < 1.29 is 19.1 Å². The third kappa shape index (κ3) is 1.74. The maximum absolute atomic E-state index is 12.6. The van der Waals surface area contributed by atoms with Crippen molar-refractivity contribution in [1.29, 1.82) is 0 Å². The molecule has 5 heteroatoms. The van der Waals surface area contributed by atoms with Crippen LogP contribution in [0.25, 0.3) is 0 Å². The number of fused-ring (bicyclic) bond motifs is 2. The number of rotatable bonds is 1. The Bertz CT molecular complexity index is 778. The van der Waals surface area contributed by atoms with Crippen LogP contribution in [-0.2, 0) is 14.9 Å². The summed E-state index contributed by atoms with van der Waals surface area (Å²) >= 11 is 0. The zero-order valence-electron chi connectivity index (χ0n) is 14.6. The Labute approximate surface area is 141 Å².